The van der Waals surface area contributed by atoms with Gasteiger partial charge in [-0.3, -0.25) is 4.98 Å². The summed E-state index contributed by atoms with van der Waals surface area (Å²) in [6, 6.07) is 23.3. The van der Waals surface area contributed by atoms with E-state index in [4.69, 9.17) is 9.40 Å². The monoisotopic (exact) mass is 375 g/mol. The van der Waals surface area contributed by atoms with Gasteiger partial charge in [0.25, 0.3) is 0 Å². The van der Waals surface area contributed by atoms with E-state index in [1.54, 1.807) is 0 Å². The van der Waals surface area contributed by atoms with Gasteiger partial charge < -0.3 is 4.42 Å². The molecule has 0 saturated heterocycles. The van der Waals surface area contributed by atoms with Crippen LogP contribution in [0.4, 0.5) is 0 Å². The normalized spacial score (nSPS) is 11.8. The second kappa shape index (κ2) is 5.89. The summed E-state index contributed by atoms with van der Waals surface area (Å²) in [6.45, 7) is 2.14. The van der Waals surface area contributed by atoms with Crippen molar-refractivity contribution in [2.45, 2.75) is 6.92 Å². The summed E-state index contributed by atoms with van der Waals surface area (Å²) in [5.74, 6) is 0. The van der Waals surface area contributed by atoms with Gasteiger partial charge in [0.1, 0.15) is 18.1 Å². The van der Waals surface area contributed by atoms with Crippen LogP contribution in [0.5, 0.6) is 0 Å². The second-order valence-corrected chi connectivity index (χ2v) is 7.62. The van der Waals surface area contributed by atoms with Gasteiger partial charge in [0.05, 0.1) is 5.56 Å². The van der Waals surface area contributed by atoms with E-state index in [0.29, 0.717) is 0 Å². The van der Waals surface area contributed by atoms with Crippen LogP contribution in [0, 0.1) is 6.92 Å². The molecule has 0 saturated carbocycles. The number of pyridine rings is 2. The van der Waals surface area contributed by atoms with Gasteiger partial charge in [-0.15, -0.1) is 0 Å². The first-order valence-electron chi connectivity index (χ1n) is 9.80. The van der Waals surface area contributed by atoms with Gasteiger partial charge in [-0.1, -0.05) is 42.5 Å². The molecule has 3 aromatic heterocycles. The Bertz CT molecular complexity index is 1580. The highest BCUT2D eigenvalue weighted by Gasteiger charge is 2.21. The highest BCUT2D eigenvalue weighted by molar-refractivity contribution is 6.20. The maximum Gasteiger partial charge on any atom is 0.216 e. The Morgan fingerprint density at radius 3 is 2.41 bits per heavy atom. The average Bonchev–Trinajstić information content (AvgIpc) is 3.13. The van der Waals surface area contributed by atoms with E-state index in [1.807, 2.05) is 18.3 Å². The summed E-state index contributed by atoms with van der Waals surface area (Å²) in [4.78, 5) is 4.78. The Hall–Kier alpha value is -3.72. The van der Waals surface area contributed by atoms with Crippen molar-refractivity contribution in [2.75, 3.05) is 0 Å². The predicted molar refractivity (Wildman–Crippen MR) is 118 cm³/mol. The van der Waals surface area contributed by atoms with Gasteiger partial charge in [0.2, 0.25) is 5.69 Å². The van der Waals surface area contributed by atoms with Crippen molar-refractivity contribution >= 4 is 43.6 Å². The van der Waals surface area contributed by atoms with E-state index in [-0.39, 0.29) is 0 Å². The van der Waals surface area contributed by atoms with Crippen LogP contribution in [0.2, 0.25) is 0 Å². The summed E-state index contributed by atoms with van der Waals surface area (Å²) in [5, 5.41) is 5.70. The lowest BCUT2D eigenvalue weighted by Crippen LogP contribution is -2.30. The number of aryl methyl sites for hydroxylation is 2. The first-order chi connectivity index (χ1) is 14.2. The molecule has 0 N–H and O–H groups in total. The zero-order chi connectivity index (χ0) is 19.5. The minimum atomic E-state index is 0.855. The highest BCUT2D eigenvalue weighted by atomic mass is 16.3. The van der Waals surface area contributed by atoms with E-state index < -0.39 is 0 Å². The quantitative estimate of drug-likeness (QED) is 0.257. The Morgan fingerprint density at radius 1 is 0.759 bits per heavy atom. The third kappa shape index (κ3) is 2.24. The molecule has 0 aliphatic heterocycles. The van der Waals surface area contributed by atoms with Crippen LogP contribution in [0.25, 0.3) is 54.9 Å². The summed E-state index contributed by atoms with van der Waals surface area (Å²) >= 11 is 0. The summed E-state index contributed by atoms with van der Waals surface area (Å²) in [6.07, 6.45) is 4.01. The number of hydrogen-bond acceptors (Lipinski definition) is 2. The van der Waals surface area contributed by atoms with Gasteiger partial charge in [-0.2, -0.15) is 0 Å². The predicted octanol–water partition coefficient (Wildman–Crippen LogP) is 6.09. The molecule has 6 rings (SSSR count). The van der Waals surface area contributed by atoms with E-state index in [2.05, 4.69) is 79.3 Å². The number of hydrogen-bond donors (Lipinski definition) is 0. The smallest absolute Gasteiger partial charge is 0.216 e. The third-order valence-corrected chi connectivity index (χ3v) is 5.89. The number of rotatable bonds is 1. The molecular formula is C26H19N2O+. The lowest BCUT2D eigenvalue weighted by molar-refractivity contribution is -0.660. The fraction of sp³-hybridized carbons (Fsp3) is 0.0769. The maximum absolute atomic E-state index is 6.56. The minimum absolute atomic E-state index is 0.855. The summed E-state index contributed by atoms with van der Waals surface area (Å²) in [7, 11) is 2.07. The highest BCUT2D eigenvalue weighted by Crippen LogP contribution is 2.39. The molecule has 6 aromatic rings. The zero-order valence-corrected chi connectivity index (χ0v) is 16.3. The van der Waals surface area contributed by atoms with Crippen LogP contribution in [-0.4, -0.2) is 4.98 Å². The molecule has 3 aromatic carbocycles. The van der Waals surface area contributed by atoms with E-state index >= 15 is 0 Å². The van der Waals surface area contributed by atoms with Gasteiger partial charge in [0, 0.05) is 39.9 Å². The Labute approximate surface area is 167 Å². The maximum atomic E-state index is 6.56. The molecule has 0 unspecified atom stereocenters. The standard InChI is InChI=1S/C26H19N2O/c1-16-10-11-20-21-13-12-19-18-8-4-3-7-17(18)15-27-24(19)26(21)29-25(20)23(16)22-9-5-6-14-28(22)2/h3-15H,1-2H3/q+1. The lowest BCUT2D eigenvalue weighted by Gasteiger charge is -2.04. The molecule has 0 radical (unpaired) electrons. The van der Waals surface area contributed by atoms with Crippen molar-refractivity contribution in [3.05, 3.63) is 84.7 Å². The second-order valence-electron chi connectivity index (χ2n) is 7.62. The van der Waals surface area contributed by atoms with Crippen molar-refractivity contribution in [1.29, 1.82) is 0 Å². The Balaban J connectivity index is 1.78. The number of nitrogens with zero attached hydrogens (tertiary/aromatic N) is 2. The third-order valence-electron chi connectivity index (χ3n) is 5.89. The van der Waals surface area contributed by atoms with E-state index in [9.17, 15) is 0 Å². The Kier molecular flexibility index (Phi) is 3.30. The molecule has 0 atom stereocenters. The fourth-order valence-corrected chi connectivity index (χ4v) is 4.42. The fourth-order valence-electron chi connectivity index (χ4n) is 4.42. The van der Waals surface area contributed by atoms with Gasteiger partial charge in [0.15, 0.2) is 11.8 Å². The van der Waals surface area contributed by atoms with Crippen molar-refractivity contribution in [3.63, 3.8) is 0 Å². The van der Waals surface area contributed by atoms with Crippen molar-refractivity contribution in [3.8, 4) is 11.3 Å². The van der Waals surface area contributed by atoms with Gasteiger partial charge >= 0.3 is 0 Å². The molecule has 0 spiro atoms. The number of benzene rings is 3. The molecule has 3 heterocycles. The van der Waals surface area contributed by atoms with Crippen LogP contribution in [0.3, 0.4) is 0 Å². The van der Waals surface area contributed by atoms with Gasteiger partial charge in [-0.05, 0) is 30.0 Å². The number of furan rings is 1. The molecule has 138 valence electrons. The van der Waals surface area contributed by atoms with Crippen molar-refractivity contribution < 1.29 is 8.98 Å². The molecule has 3 nitrogen and oxygen atoms in total. The van der Waals surface area contributed by atoms with Crippen LogP contribution in [0.15, 0.2) is 83.5 Å². The first-order valence-corrected chi connectivity index (χ1v) is 9.80. The number of fused-ring (bicyclic) bond motifs is 7. The molecule has 0 fully saturated rings. The molecular weight excluding hydrogens is 356 g/mol. The van der Waals surface area contributed by atoms with Gasteiger partial charge in [-0.25, -0.2) is 4.57 Å². The topological polar surface area (TPSA) is 29.9 Å². The molecule has 0 aliphatic rings. The SMILES string of the molecule is Cc1ccc2c(oc3c2ccc2c4ccccc4cnc23)c1-c1cccc[n+]1C. The molecule has 0 amide bonds. The molecule has 0 bridgehead atoms. The molecule has 29 heavy (non-hydrogen) atoms. The largest absolute Gasteiger partial charge is 0.453 e. The van der Waals surface area contributed by atoms with Crippen LogP contribution >= 0.6 is 0 Å². The zero-order valence-electron chi connectivity index (χ0n) is 16.3. The van der Waals surface area contributed by atoms with Crippen LogP contribution in [0.1, 0.15) is 5.56 Å². The summed E-state index contributed by atoms with van der Waals surface area (Å²) in [5.41, 5.74) is 6.16. The first kappa shape index (κ1) is 16.3. The van der Waals surface area contributed by atoms with Crippen LogP contribution in [-0.2, 0) is 7.05 Å². The van der Waals surface area contributed by atoms with Crippen molar-refractivity contribution in [1.82, 2.24) is 4.98 Å². The lowest BCUT2D eigenvalue weighted by atomic mass is 10.00. The van der Waals surface area contributed by atoms with E-state index in [1.165, 1.54) is 10.9 Å². The Morgan fingerprint density at radius 2 is 1.52 bits per heavy atom. The summed E-state index contributed by atoms with van der Waals surface area (Å²) < 4.78 is 8.70. The minimum Gasteiger partial charge on any atom is -0.453 e. The van der Waals surface area contributed by atoms with E-state index in [0.717, 1.165) is 49.5 Å². The molecule has 3 heteroatoms. The molecule has 0 aliphatic carbocycles. The van der Waals surface area contributed by atoms with Crippen molar-refractivity contribution in [2.24, 2.45) is 7.05 Å². The van der Waals surface area contributed by atoms with Crippen LogP contribution < -0.4 is 4.57 Å². The average molecular weight is 375 g/mol. The number of aromatic nitrogens is 2.